The molecule has 1 saturated heterocycles. The Morgan fingerprint density at radius 2 is 1.95 bits per heavy atom. The average Bonchev–Trinajstić information content (AvgIpc) is 2.38. The first-order chi connectivity index (χ1) is 9.09. The van der Waals surface area contributed by atoms with Gasteiger partial charge in [0.25, 0.3) is 0 Å². The Morgan fingerprint density at radius 1 is 1.26 bits per heavy atom. The fraction of sp³-hybridized carbons (Fsp3) is 1.00. The van der Waals surface area contributed by atoms with E-state index in [9.17, 15) is 0 Å². The van der Waals surface area contributed by atoms with Crippen LogP contribution >= 0.6 is 0 Å². The van der Waals surface area contributed by atoms with E-state index in [1.807, 2.05) is 0 Å². The van der Waals surface area contributed by atoms with Crippen molar-refractivity contribution in [1.29, 1.82) is 0 Å². The molecule has 0 atom stereocenters. The van der Waals surface area contributed by atoms with Crippen LogP contribution in [0.3, 0.4) is 0 Å². The Hall–Kier alpha value is -0.160. The van der Waals surface area contributed by atoms with Crippen molar-refractivity contribution in [1.82, 2.24) is 15.1 Å². The van der Waals surface area contributed by atoms with Crippen LogP contribution in [0.2, 0.25) is 0 Å². The molecule has 0 unspecified atom stereocenters. The lowest BCUT2D eigenvalue weighted by molar-refractivity contribution is 0.0769. The zero-order chi connectivity index (χ0) is 14.1. The number of likely N-dealkylation sites (tertiary alicyclic amines) is 1. The van der Waals surface area contributed by atoms with E-state index < -0.39 is 0 Å². The third kappa shape index (κ3) is 7.88. The Morgan fingerprint density at radius 3 is 2.58 bits per heavy atom. The minimum Gasteiger partial charge on any atom is -0.379 e. The average molecular weight is 271 g/mol. The molecule has 1 rings (SSSR count). The van der Waals surface area contributed by atoms with Crippen molar-refractivity contribution in [3.63, 3.8) is 0 Å². The summed E-state index contributed by atoms with van der Waals surface area (Å²) in [4.78, 5) is 4.95. The number of rotatable bonds is 9. The molecule has 1 aliphatic rings. The van der Waals surface area contributed by atoms with Crippen LogP contribution in [0.4, 0.5) is 0 Å². The van der Waals surface area contributed by atoms with E-state index in [0.717, 1.165) is 38.7 Å². The van der Waals surface area contributed by atoms with E-state index in [-0.39, 0.29) is 0 Å². The van der Waals surface area contributed by atoms with E-state index in [0.29, 0.717) is 6.10 Å². The van der Waals surface area contributed by atoms with Gasteiger partial charge < -0.3 is 19.9 Å². The molecule has 0 radical (unpaired) electrons. The van der Waals surface area contributed by atoms with Gasteiger partial charge in [0.05, 0.1) is 6.10 Å². The molecule has 19 heavy (non-hydrogen) atoms. The highest BCUT2D eigenvalue weighted by molar-refractivity contribution is 4.76. The van der Waals surface area contributed by atoms with Gasteiger partial charge in [0.1, 0.15) is 0 Å². The van der Waals surface area contributed by atoms with Gasteiger partial charge in [0, 0.05) is 25.7 Å². The Kier molecular flexibility index (Phi) is 8.62. The van der Waals surface area contributed by atoms with Crippen LogP contribution in [0.1, 0.15) is 33.1 Å². The van der Waals surface area contributed by atoms with Gasteiger partial charge in [-0.2, -0.15) is 0 Å². The maximum atomic E-state index is 5.52. The van der Waals surface area contributed by atoms with Crippen molar-refractivity contribution in [2.75, 3.05) is 53.4 Å². The molecule has 0 bridgehead atoms. The molecule has 1 N–H and O–H groups in total. The van der Waals surface area contributed by atoms with E-state index in [1.54, 1.807) is 0 Å². The van der Waals surface area contributed by atoms with Crippen LogP contribution < -0.4 is 5.32 Å². The number of piperidine rings is 1. The molecule has 114 valence electrons. The quantitative estimate of drug-likeness (QED) is 0.642. The lowest BCUT2D eigenvalue weighted by Crippen LogP contribution is -2.44. The molecule has 1 aliphatic heterocycles. The second-order valence-electron chi connectivity index (χ2n) is 6.04. The first kappa shape index (κ1) is 16.9. The molecule has 0 spiro atoms. The molecule has 0 saturated carbocycles. The van der Waals surface area contributed by atoms with Gasteiger partial charge in [-0.3, -0.25) is 0 Å². The maximum Gasteiger partial charge on any atom is 0.0518 e. The van der Waals surface area contributed by atoms with Crippen molar-refractivity contribution >= 4 is 0 Å². The van der Waals surface area contributed by atoms with E-state index in [1.165, 1.54) is 25.9 Å². The highest BCUT2D eigenvalue weighted by Gasteiger charge is 2.19. The number of hydrogen-bond acceptors (Lipinski definition) is 4. The predicted molar refractivity (Wildman–Crippen MR) is 81.7 cm³/mol. The molecule has 0 amide bonds. The van der Waals surface area contributed by atoms with Gasteiger partial charge in [0.2, 0.25) is 0 Å². The van der Waals surface area contributed by atoms with Crippen LogP contribution in [0.5, 0.6) is 0 Å². The van der Waals surface area contributed by atoms with E-state index in [2.05, 4.69) is 43.1 Å². The lowest BCUT2D eigenvalue weighted by atomic mass is 10.0. The second-order valence-corrected chi connectivity index (χ2v) is 6.04. The van der Waals surface area contributed by atoms with Crippen LogP contribution in [0, 0.1) is 0 Å². The normalized spacial score (nSPS) is 18.6. The van der Waals surface area contributed by atoms with Crippen molar-refractivity contribution in [3.05, 3.63) is 0 Å². The van der Waals surface area contributed by atoms with Crippen molar-refractivity contribution in [3.8, 4) is 0 Å². The summed E-state index contributed by atoms with van der Waals surface area (Å²) in [6, 6.07) is 0.780. The lowest BCUT2D eigenvalue weighted by Gasteiger charge is -2.35. The fourth-order valence-electron chi connectivity index (χ4n) is 2.51. The second kappa shape index (κ2) is 9.70. The molecule has 0 aromatic heterocycles. The molecular formula is C15H33N3O. The molecule has 0 aromatic carbocycles. The summed E-state index contributed by atoms with van der Waals surface area (Å²) in [6.45, 7) is 10.8. The summed E-state index contributed by atoms with van der Waals surface area (Å²) in [5.41, 5.74) is 0. The Labute approximate surface area is 119 Å². The molecule has 0 aliphatic carbocycles. The highest BCUT2D eigenvalue weighted by Crippen LogP contribution is 2.13. The number of hydrogen-bond donors (Lipinski definition) is 1. The molecule has 1 heterocycles. The zero-order valence-corrected chi connectivity index (χ0v) is 13.3. The topological polar surface area (TPSA) is 27.7 Å². The maximum absolute atomic E-state index is 5.52. The van der Waals surface area contributed by atoms with Gasteiger partial charge in [-0.05, 0) is 66.8 Å². The number of ether oxygens (including phenoxy) is 1. The summed E-state index contributed by atoms with van der Waals surface area (Å²) in [5, 5.41) is 3.51. The number of nitrogens with one attached hydrogen (secondary N) is 1. The van der Waals surface area contributed by atoms with Crippen LogP contribution in [-0.4, -0.2) is 75.4 Å². The first-order valence-electron chi connectivity index (χ1n) is 7.80. The zero-order valence-electron chi connectivity index (χ0n) is 13.3. The number of likely N-dealkylation sites (N-methyl/N-ethyl adjacent to an activating group) is 1. The van der Waals surface area contributed by atoms with E-state index in [4.69, 9.17) is 4.74 Å². The van der Waals surface area contributed by atoms with Gasteiger partial charge in [-0.1, -0.05) is 0 Å². The summed E-state index contributed by atoms with van der Waals surface area (Å²) in [5.74, 6) is 0. The first-order valence-corrected chi connectivity index (χ1v) is 7.80. The standard InChI is InChI=1S/C15H33N3O/c1-14(2)19-13-5-8-16-9-12-18(4)15-6-10-17(3)11-7-15/h14-16H,5-13H2,1-4H3. The smallest absolute Gasteiger partial charge is 0.0518 e. The van der Waals surface area contributed by atoms with E-state index >= 15 is 0 Å². The number of nitrogens with zero attached hydrogens (tertiary/aromatic N) is 2. The minimum atomic E-state index is 0.357. The summed E-state index contributed by atoms with van der Waals surface area (Å²) in [6.07, 6.45) is 4.09. The molecule has 4 heteroatoms. The summed E-state index contributed by atoms with van der Waals surface area (Å²) in [7, 11) is 4.48. The summed E-state index contributed by atoms with van der Waals surface area (Å²) >= 11 is 0. The molecule has 1 fully saturated rings. The largest absolute Gasteiger partial charge is 0.379 e. The molecular weight excluding hydrogens is 238 g/mol. The monoisotopic (exact) mass is 271 g/mol. The highest BCUT2D eigenvalue weighted by atomic mass is 16.5. The van der Waals surface area contributed by atoms with Crippen molar-refractivity contribution in [2.45, 2.75) is 45.3 Å². The van der Waals surface area contributed by atoms with Crippen molar-refractivity contribution in [2.24, 2.45) is 0 Å². The van der Waals surface area contributed by atoms with Crippen LogP contribution in [-0.2, 0) is 4.74 Å². The Bertz CT molecular complexity index is 215. The van der Waals surface area contributed by atoms with Crippen LogP contribution in [0.15, 0.2) is 0 Å². The van der Waals surface area contributed by atoms with Gasteiger partial charge in [-0.15, -0.1) is 0 Å². The van der Waals surface area contributed by atoms with Crippen molar-refractivity contribution < 1.29 is 4.74 Å². The fourth-order valence-corrected chi connectivity index (χ4v) is 2.51. The van der Waals surface area contributed by atoms with Gasteiger partial charge in [0.15, 0.2) is 0 Å². The minimum absolute atomic E-state index is 0.357. The third-order valence-corrected chi connectivity index (χ3v) is 3.90. The summed E-state index contributed by atoms with van der Waals surface area (Å²) < 4.78 is 5.52. The predicted octanol–water partition coefficient (Wildman–Crippen LogP) is 1.42. The Balaban J connectivity index is 1.94. The van der Waals surface area contributed by atoms with Gasteiger partial charge >= 0.3 is 0 Å². The van der Waals surface area contributed by atoms with Gasteiger partial charge in [-0.25, -0.2) is 0 Å². The van der Waals surface area contributed by atoms with Crippen LogP contribution in [0.25, 0.3) is 0 Å². The third-order valence-electron chi connectivity index (χ3n) is 3.90. The SMILES string of the molecule is CC(C)OCCCNCCN(C)C1CCN(C)CC1. The molecule has 0 aromatic rings. The molecule has 4 nitrogen and oxygen atoms in total.